The molecule has 0 aliphatic carbocycles. The molecule has 1 aromatic heterocycles. The molecule has 0 aromatic carbocycles. The van der Waals surface area contributed by atoms with E-state index in [0.717, 1.165) is 0 Å². The number of rotatable bonds is 2. The summed E-state index contributed by atoms with van der Waals surface area (Å²) in [5, 5.41) is 8.88. The zero-order valence-corrected chi connectivity index (χ0v) is 10.5. The summed E-state index contributed by atoms with van der Waals surface area (Å²) in [7, 11) is 0. The molecule has 0 radical (unpaired) electrons. The van der Waals surface area contributed by atoms with Crippen LogP contribution in [0, 0.1) is 15.0 Å². The average molecular weight is 373 g/mol. The molecule has 0 spiro atoms. The van der Waals surface area contributed by atoms with Crippen LogP contribution in [0.15, 0.2) is 6.07 Å². The molecule has 0 atom stereocenters. The summed E-state index contributed by atoms with van der Waals surface area (Å²) in [6.07, 6.45) is -2.56. The Morgan fingerprint density at radius 1 is 1.64 bits per heavy atom. The van der Waals surface area contributed by atoms with Crippen LogP contribution in [-0.4, -0.2) is 4.98 Å². The van der Waals surface area contributed by atoms with Crippen molar-refractivity contribution in [1.82, 2.24) is 4.98 Å². The molecule has 1 aromatic rings. The van der Waals surface area contributed by atoms with Gasteiger partial charge in [-0.2, -0.15) is 5.26 Å². The van der Waals surface area contributed by atoms with Crippen molar-refractivity contribution in [2.75, 3.05) is 0 Å². The maximum absolute atomic E-state index is 12.6. The molecule has 74 valence electrons. The lowest BCUT2D eigenvalue weighted by atomic mass is 10.1. The van der Waals surface area contributed by atoms with Crippen LogP contribution in [0.1, 0.15) is 23.2 Å². The Labute approximate surface area is 102 Å². The number of nitrogens with zero attached hydrogens (tertiary/aromatic N) is 2. The first-order valence-electron chi connectivity index (χ1n) is 3.53. The van der Waals surface area contributed by atoms with E-state index in [4.69, 9.17) is 5.26 Å². The van der Waals surface area contributed by atoms with Gasteiger partial charge in [-0.25, -0.2) is 13.8 Å². The van der Waals surface area contributed by atoms with E-state index in [1.54, 1.807) is 22.6 Å². The van der Waals surface area contributed by atoms with Gasteiger partial charge in [0.25, 0.3) is 6.43 Å². The molecule has 0 aliphatic rings. The molecule has 0 N–H and O–H groups in total. The molecule has 6 heteroatoms. The fourth-order valence-electron chi connectivity index (χ4n) is 0.972. The number of nitriles is 1. The first kappa shape index (κ1) is 11.8. The molecular formula is C8H4BrF2IN2. The Morgan fingerprint density at radius 2 is 2.29 bits per heavy atom. The van der Waals surface area contributed by atoms with Gasteiger partial charge in [0.05, 0.1) is 5.56 Å². The normalized spacial score (nSPS) is 10.3. The minimum absolute atomic E-state index is 0.0959. The Bertz CT molecular complexity index is 390. The van der Waals surface area contributed by atoms with Crippen LogP contribution in [0.2, 0.25) is 0 Å². The molecular weight excluding hydrogens is 369 g/mol. The summed E-state index contributed by atoms with van der Waals surface area (Å²) in [5.41, 5.74) is 0.477. The summed E-state index contributed by atoms with van der Waals surface area (Å²) in [6, 6.07) is 3.20. The predicted octanol–water partition coefficient (Wildman–Crippen LogP) is 3.39. The van der Waals surface area contributed by atoms with Gasteiger partial charge in [-0.3, -0.25) is 0 Å². The van der Waals surface area contributed by atoms with Gasteiger partial charge >= 0.3 is 0 Å². The van der Waals surface area contributed by atoms with E-state index in [1.165, 1.54) is 6.07 Å². The summed E-state index contributed by atoms with van der Waals surface area (Å²) in [6.45, 7) is 0. The monoisotopic (exact) mass is 372 g/mol. The van der Waals surface area contributed by atoms with E-state index in [9.17, 15) is 8.78 Å². The van der Waals surface area contributed by atoms with Crippen LogP contribution in [0.25, 0.3) is 0 Å². The highest BCUT2D eigenvalue weighted by Gasteiger charge is 2.18. The third-order valence-corrected chi connectivity index (χ3v) is 3.00. The summed E-state index contributed by atoms with van der Waals surface area (Å²) in [4.78, 5) is 3.75. The van der Waals surface area contributed by atoms with Crippen molar-refractivity contribution in [3.05, 3.63) is 26.6 Å². The molecule has 14 heavy (non-hydrogen) atoms. The molecule has 0 amide bonds. The lowest BCUT2D eigenvalue weighted by Crippen LogP contribution is -2.01. The second-order valence-electron chi connectivity index (χ2n) is 2.42. The summed E-state index contributed by atoms with van der Waals surface area (Å²) < 4.78 is 25.3. The average Bonchev–Trinajstić information content (AvgIpc) is 2.15. The van der Waals surface area contributed by atoms with Gasteiger partial charge in [0, 0.05) is 5.33 Å². The van der Waals surface area contributed by atoms with Crippen molar-refractivity contribution in [3.8, 4) is 6.07 Å². The first-order valence-corrected chi connectivity index (χ1v) is 5.73. The molecule has 0 saturated carbocycles. The number of hydrogen-bond donors (Lipinski definition) is 0. The molecule has 0 aliphatic heterocycles. The largest absolute Gasteiger partial charge is 0.266 e. The van der Waals surface area contributed by atoms with Crippen LogP contribution < -0.4 is 0 Å². The van der Waals surface area contributed by atoms with Crippen LogP contribution >= 0.6 is 38.5 Å². The van der Waals surface area contributed by atoms with Gasteiger partial charge in [-0.1, -0.05) is 15.9 Å². The maximum atomic E-state index is 12.6. The molecule has 1 heterocycles. The van der Waals surface area contributed by atoms with Crippen molar-refractivity contribution in [2.24, 2.45) is 0 Å². The number of hydrogen-bond acceptors (Lipinski definition) is 2. The van der Waals surface area contributed by atoms with Crippen molar-refractivity contribution in [2.45, 2.75) is 11.8 Å². The van der Waals surface area contributed by atoms with Crippen molar-refractivity contribution in [1.29, 1.82) is 5.26 Å². The highest BCUT2D eigenvalue weighted by molar-refractivity contribution is 14.1. The minimum atomic E-state index is -2.56. The van der Waals surface area contributed by atoms with Gasteiger partial charge in [0.2, 0.25) is 0 Å². The zero-order chi connectivity index (χ0) is 10.7. The third kappa shape index (κ3) is 2.39. The molecule has 0 bridgehead atoms. The fourth-order valence-corrected chi connectivity index (χ4v) is 2.28. The highest BCUT2D eigenvalue weighted by Crippen LogP contribution is 2.28. The third-order valence-electron chi connectivity index (χ3n) is 1.57. The standard InChI is InChI=1S/C8H4BrF2IN2/c9-2-4-1-5(3-13)14-8(12)6(4)7(10)11/h1,7H,2H2. The number of aromatic nitrogens is 1. The maximum Gasteiger partial charge on any atom is 0.266 e. The number of alkyl halides is 3. The smallest absolute Gasteiger partial charge is 0.231 e. The van der Waals surface area contributed by atoms with E-state index in [1.807, 2.05) is 6.07 Å². The Morgan fingerprint density at radius 3 is 2.71 bits per heavy atom. The Hall–Kier alpha value is -0.290. The highest BCUT2D eigenvalue weighted by atomic mass is 127. The zero-order valence-electron chi connectivity index (χ0n) is 6.77. The summed E-state index contributed by atoms with van der Waals surface area (Å²) in [5.74, 6) is 0. The number of halogens is 4. The Kier molecular flexibility index (Phi) is 4.19. The van der Waals surface area contributed by atoms with Crippen molar-refractivity contribution < 1.29 is 8.78 Å². The van der Waals surface area contributed by atoms with E-state index in [2.05, 4.69) is 20.9 Å². The van der Waals surface area contributed by atoms with E-state index in [0.29, 0.717) is 10.9 Å². The lowest BCUT2D eigenvalue weighted by molar-refractivity contribution is 0.149. The number of pyridine rings is 1. The summed E-state index contributed by atoms with van der Waals surface area (Å²) >= 11 is 4.81. The SMILES string of the molecule is N#Cc1cc(CBr)c(C(F)F)c(I)n1. The fraction of sp³-hybridized carbons (Fsp3) is 0.250. The lowest BCUT2D eigenvalue weighted by Gasteiger charge is -2.08. The second-order valence-corrected chi connectivity index (χ2v) is 4.00. The van der Waals surface area contributed by atoms with Crippen LogP contribution in [0.4, 0.5) is 8.78 Å². The predicted molar refractivity (Wildman–Crippen MR) is 59.3 cm³/mol. The van der Waals surface area contributed by atoms with Gasteiger partial charge in [-0.05, 0) is 34.2 Å². The van der Waals surface area contributed by atoms with Gasteiger partial charge < -0.3 is 0 Å². The van der Waals surface area contributed by atoms with Crippen LogP contribution in [-0.2, 0) is 5.33 Å². The Balaban J connectivity index is 3.36. The van der Waals surface area contributed by atoms with E-state index < -0.39 is 6.43 Å². The molecule has 0 saturated heterocycles. The van der Waals surface area contributed by atoms with Crippen molar-refractivity contribution >= 4 is 38.5 Å². The van der Waals surface area contributed by atoms with Crippen LogP contribution in [0.3, 0.4) is 0 Å². The molecule has 1 rings (SSSR count). The minimum Gasteiger partial charge on any atom is -0.231 e. The molecule has 2 nitrogen and oxygen atoms in total. The van der Waals surface area contributed by atoms with Crippen molar-refractivity contribution in [3.63, 3.8) is 0 Å². The quantitative estimate of drug-likeness (QED) is 0.453. The van der Waals surface area contributed by atoms with E-state index >= 15 is 0 Å². The second kappa shape index (κ2) is 4.98. The van der Waals surface area contributed by atoms with Gasteiger partial charge in [0.1, 0.15) is 15.5 Å². The van der Waals surface area contributed by atoms with E-state index in [-0.39, 0.29) is 15.0 Å². The topological polar surface area (TPSA) is 36.7 Å². The van der Waals surface area contributed by atoms with Gasteiger partial charge in [-0.15, -0.1) is 0 Å². The first-order chi connectivity index (χ1) is 6.60. The van der Waals surface area contributed by atoms with Gasteiger partial charge in [0.15, 0.2) is 0 Å². The van der Waals surface area contributed by atoms with Crippen LogP contribution in [0.5, 0.6) is 0 Å². The molecule has 0 unspecified atom stereocenters. The molecule has 0 fully saturated rings.